The van der Waals surface area contributed by atoms with Crippen molar-refractivity contribution in [2.24, 2.45) is 0 Å². The summed E-state index contributed by atoms with van der Waals surface area (Å²) in [6.45, 7) is 2.89. The van der Waals surface area contributed by atoms with Gasteiger partial charge in [-0.15, -0.1) is 21.5 Å². The number of hydrogen-bond acceptors (Lipinski definition) is 6. The van der Waals surface area contributed by atoms with Crippen LogP contribution in [0.2, 0.25) is 5.02 Å². The highest BCUT2D eigenvalue weighted by molar-refractivity contribution is 7.99. The quantitative estimate of drug-likeness (QED) is 0.349. The van der Waals surface area contributed by atoms with E-state index in [-0.39, 0.29) is 5.91 Å². The predicted molar refractivity (Wildman–Crippen MR) is 136 cm³/mol. The summed E-state index contributed by atoms with van der Waals surface area (Å²) in [6, 6.07) is 21.9. The Morgan fingerprint density at radius 3 is 2.42 bits per heavy atom. The molecule has 5 rings (SSSR count). The first-order valence-electron chi connectivity index (χ1n) is 10.7. The van der Waals surface area contributed by atoms with Crippen molar-refractivity contribution in [3.8, 4) is 16.4 Å². The number of nitrogens with zero attached hydrogens (tertiary/aromatic N) is 5. The lowest BCUT2D eigenvalue weighted by molar-refractivity contribution is -0.128. The van der Waals surface area contributed by atoms with E-state index in [1.165, 1.54) is 11.8 Å². The average Bonchev–Trinajstić information content (AvgIpc) is 3.53. The molecule has 1 amide bonds. The van der Waals surface area contributed by atoms with Crippen molar-refractivity contribution < 1.29 is 4.79 Å². The van der Waals surface area contributed by atoms with Gasteiger partial charge in [0.15, 0.2) is 11.0 Å². The van der Waals surface area contributed by atoms with Gasteiger partial charge in [-0.3, -0.25) is 9.36 Å². The van der Waals surface area contributed by atoms with Gasteiger partial charge < -0.3 is 9.80 Å². The number of halogens is 1. The maximum Gasteiger partial charge on any atom is 0.233 e. The molecule has 2 aromatic carbocycles. The highest BCUT2D eigenvalue weighted by atomic mass is 35.5. The minimum absolute atomic E-state index is 0.110. The standard InChI is InChI=1S/C24H22ClN5OS2/c25-19-9-4-5-10-20(19)28-12-14-29(15-13-28)22(31)17-33-24-27-26-23(21-11-6-16-32-21)30(24)18-7-2-1-3-8-18/h1-11,16H,12-15,17H2. The number of piperazine rings is 1. The fourth-order valence-electron chi connectivity index (χ4n) is 3.86. The highest BCUT2D eigenvalue weighted by Crippen LogP contribution is 2.31. The fourth-order valence-corrected chi connectivity index (χ4v) is 5.67. The molecule has 0 bridgehead atoms. The third kappa shape index (κ3) is 4.78. The van der Waals surface area contributed by atoms with Crippen molar-refractivity contribution in [3.05, 3.63) is 77.1 Å². The zero-order chi connectivity index (χ0) is 22.6. The molecule has 33 heavy (non-hydrogen) atoms. The summed E-state index contributed by atoms with van der Waals surface area (Å²) in [5, 5.41) is 12.3. The Morgan fingerprint density at radius 2 is 1.70 bits per heavy atom. The topological polar surface area (TPSA) is 54.3 Å². The predicted octanol–water partition coefficient (Wildman–Crippen LogP) is 5.09. The maximum absolute atomic E-state index is 13.0. The van der Waals surface area contributed by atoms with Gasteiger partial charge in [0.05, 0.1) is 21.3 Å². The number of aromatic nitrogens is 3. The largest absolute Gasteiger partial charge is 0.367 e. The summed E-state index contributed by atoms with van der Waals surface area (Å²) in [7, 11) is 0. The smallest absolute Gasteiger partial charge is 0.233 e. The molecule has 1 saturated heterocycles. The zero-order valence-corrected chi connectivity index (χ0v) is 20.2. The Bertz CT molecular complexity index is 1220. The summed E-state index contributed by atoms with van der Waals surface area (Å²) in [6.07, 6.45) is 0. The van der Waals surface area contributed by atoms with Crippen molar-refractivity contribution >= 4 is 46.3 Å². The second-order valence-corrected chi connectivity index (χ2v) is 9.86. The Morgan fingerprint density at radius 1 is 0.939 bits per heavy atom. The SMILES string of the molecule is O=C(CSc1nnc(-c2cccs2)n1-c1ccccc1)N1CCN(c2ccccc2Cl)CC1. The van der Waals surface area contributed by atoms with Crippen LogP contribution in [0.15, 0.2) is 77.3 Å². The van der Waals surface area contributed by atoms with Crippen molar-refractivity contribution in [2.45, 2.75) is 5.16 Å². The van der Waals surface area contributed by atoms with Crippen LogP contribution < -0.4 is 4.90 Å². The zero-order valence-electron chi connectivity index (χ0n) is 17.8. The third-order valence-corrected chi connectivity index (χ3v) is 7.64. The first-order chi connectivity index (χ1) is 16.2. The van der Waals surface area contributed by atoms with E-state index in [2.05, 4.69) is 15.1 Å². The average molecular weight is 496 g/mol. The Kier molecular flexibility index (Phi) is 6.66. The first-order valence-corrected chi connectivity index (χ1v) is 12.9. The normalized spacial score (nSPS) is 14.0. The molecule has 3 heterocycles. The molecule has 1 aliphatic rings. The molecule has 6 nitrogen and oxygen atoms in total. The first kappa shape index (κ1) is 22.0. The number of anilines is 1. The second kappa shape index (κ2) is 9.99. The highest BCUT2D eigenvalue weighted by Gasteiger charge is 2.24. The molecule has 1 aliphatic heterocycles. The molecule has 0 spiro atoms. The van der Waals surface area contributed by atoms with Gasteiger partial charge >= 0.3 is 0 Å². The molecule has 1 fully saturated rings. The summed E-state index contributed by atoms with van der Waals surface area (Å²) in [4.78, 5) is 18.2. The number of thiophene rings is 1. The molecular formula is C24H22ClN5OS2. The number of carbonyl (C=O) groups excluding carboxylic acids is 1. The second-order valence-electron chi connectivity index (χ2n) is 7.56. The fraction of sp³-hybridized carbons (Fsp3) is 0.208. The van der Waals surface area contributed by atoms with Crippen LogP contribution in [0.3, 0.4) is 0 Å². The molecule has 168 valence electrons. The molecule has 0 saturated carbocycles. The molecule has 0 radical (unpaired) electrons. The Balaban J connectivity index is 1.26. The lowest BCUT2D eigenvalue weighted by Gasteiger charge is -2.36. The van der Waals surface area contributed by atoms with Gasteiger partial charge in [-0.05, 0) is 35.7 Å². The summed E-state index contributed by atoms with van der Waals surface area (Å²) in [5.41, 5.74) is 2.01. The van der Waals surface area contributed by atoms with Crippen LogP contribution in [0.5, 0.6) is 0 Å². The van der Waals surface area contributed by atoms with Crippen molar-refractivity contribution in [1.82, 2.24) is 19.7 Å². The summed E-state index contributed by atoms with van der Waals surface area (Å²) < 4.78 is 2.03. The number of amides is 1. The minimum atomic E-state index is 0.110. The van der Waals surface area contributed by atoms with E-state index in [0.717, 1.165) is 40.2 Å². The van der Waals surface area contributed by atoms with Crippen molar-refractivity contribution in [3.63, 3.8) is 0 Å². The number of carbonyl (C=O) groups is 1. The molecule has 2 aromatic heterocycles. The van der Waals surface area contributed by atoms with Crippen molar-refractivity contribution in [2.75, 3.05) is 36.8 Å². The molecular weight excluding hydrogens is 474 g/mol. The van der Waals surface area contributed by atoms with Crippen LogP contribution in [-0.4, -0.2) is 57.5 Å². The van der Waals surface area contributed by atoms with E-state index >= 15 is 0 Å². The summed E-state index contributed by atoms with van der Waals surface area (Å²) in [5.74, 6) is 1.22. The van der Waals surface area contributed by atoms with Crippen LogP contribution in [0.25, 0.3) is 16.4 Å². The van der Waals surface area contributed by atoms with E-state index < -0.39 is 0 Å². The van der Waals surface area contributed by atoms with Crippen molar-refractivity contribution in [1.29, 1.82) is 0 Å². The van der Waals surface area contributed by atoms with Gasteiger partial charge in [0.2, 0.25) is 5.91 Å². The van der Waals surface area contributed by atoms with Gasteiger partial charge in [-0.1, -0.05) is 59.8 Å². The molecule has 0 unspecified atom stereocenters. The number of thioether (sulfide) groups is 1. The van der Waals surface area contributed by atoms with E-state index in [4.69, 9.17) is 11.6 Å². The number of benzene rings is 2. The van der Waals surface area contributed by atoms with Crippen LogP contribution in [0.4, 0.5) is 5.69 Å². The molecule has 4 aromatic rings. The number of para-hydroxylation sites is 2. The monoisotopic (exact) mass is 495 g/mol. The van der Waals surface area contributed by atoms with Crippen LogP contribution >= 0.6 is 34.7 Å². The lowest BCUT2D eigenvalue weighted by Crippen LogP contribution is -2.49. The van der Waals surface area contributed by atoms with Crippen LogP contribution in [-0.2, 0) is 4.79 Å². The molecule has 0 atom stereocenters. The van der Waals surface area contributed by atoms with E-state index in [0.29, 0.717) is 24.0 Å². The van der Waals surface area contributed by atoms with Crippen LogP contribution in [0.1, 0.15) is 0 Å². The Labute approximate surface area is 205 Å². The van der Waals surface area contributed by atoms with Gasteiger partial charge in [0.25, 0.3) is 0 Å². The lowest BCUT2D eigenvalue weighted by atomic mass is 10.2. The maximum atomic E-state index is 13.0. The van der Waals surface area contributed by atoms with Gasteiger partial charge in [0.1, 0.15) is 0 Å². The molecule has 9 heteroatoms. The van der Waals surface area contributed by atoms with Gasteiger partial charge in [-0.2, -0.15) is 0 Å². The van der Waals surface area contributed by atoms with E-state index in [9.17, 15) is 4.79 Å². The minimum Gasteiger partial charge on any atom is -0.367 e. The van der Waals surface area contributed by atoms with E-state index in [1.54, 1.807) is 11.3 Å². The number of hydrogen-bond donors (Lipinski definition) is 0. The molecule has 0 aliphatic carbocycles. The Hall–Kier alpha value is -2.81. The molecule has 0 N–H and O–H groups in total. The van der Waals surface area contributed by atoms with Crippen LogP contribution in [0, 0.1) is 0 Å². The van der Waals surface area contributed by atoms with Gasteiger partial charge in [0, 0.05) is 31.9 Å². The van der Waals surface area contributed by atoms with Gasteiger partial charge in [-0.25, -0.2) is 0 Å². The third-order valence-electron chi connectivity index (χ3n) is 5.54. The van der Waals surface area contributed by atoms with E-state index in [1.807, 2.05) is 81.6 Å². The summed E-state index contributed by atoms with van der Waals surface area (Å²) >= 11 is 9.39. The number of rotatable bonds is 6.